The number of fused-ring (bicyclic) bond motifs is 1. The van der Waals surface area contributed by atoms with Gasteiger partial charge in [0.2, 0.25) is 5.78 Å². The van der Waals surface area contributed by atoms with Crippen molar-refractivity contribution in [2.24, 2.45) is 0 Å². The van der Waals surface area contributed by atoms with Crippen molar-refractivity contribution in [3.05, 3.63) is 81.4 Å². The lowest BCUT2D eigenvalue weighted by molar-refractivity contribution is 0.0474. The quantitative estimate of drug-likeness (QED) is 0.309. The molecule has 0 fully saturated rings. The number of carbonyl (C=O) groups is 4. The minimum Gasteiger partial charge on any atom is -0.454 e. The summed E-state index contributed by atoms with van der Waals surface area (Å²) in [6, 6.07) is 8.38. The number of halogens is 2. The minimum atomic E-state index is -0.802. The maximum absolute atomic E-state index is 12.3. The molecule has 0 bridgehead atoms. The summed E-state index contributed by atoms with van der Waals surface area (Å²) in [5.41, 5.74) is 0.532. The Morgan fingerprint density at radius 3 is 2.43 bits per heavy atom. The lowest BCUT2D eigenvalue weighted by Gasteiger charge is -2.09. The number of carbonyl (C=O) groups excluding carboxylic acids is 4. The van der Waals surface area contributed by atoms with Crippen LogP contribution in [0.2, 0.25) is 10.0 Å². The normalized spacial score (nSPS) is 12.7. The molecule has 2 aromatic carbocycles. The Kier molecular flexibility index (Phi) is 5.63. The fraction of sp³-hybridized carbons (Fsp3) is 0.100. The average Bonchev–Trinajstić information content (AvgIpc) is 2.90. The molecule has 2 amide bonds. The maximum Gasteiger partial charge on any atom is 0.338 e. The lowest BCUT2D eigenvalue weighted by atomic mass is 10.1. The van der Waals surface area contributed by atoms with E-state index < -0.39 is 30.2 Å². The Bertz CT molecular complexity index is 1030. The van der Waals surface area contributed by atoms with Crippen LogP contribution in [0.25, 0.3) is 0 Å². The predicted octanol–water partition coefficient (Wildman–Crippen LogP) is 3.82. The molecular formula is C20H13Cl2NO5. The first kappa shape index (κ1) is 19.8. The van der Waals surface area contributed by atoms with Crippen LogP contribution >= 0.6 is 23.2 Å². The van der Waals surface area contributed by atoms with Crippen molar-refractivity contribution in [2.45, 2.75) is 0 Å². The van der Waals surface area contributed by atoms with Gasteiger partial charge in [-0.3, -0.25) is 19.3 Å². The summed E-state index contributed by atoms with van der Waals surface area (Å²) in [6.45, 7) is 3.05. The van der Waals surface area contributed by atoms with Crippen LogP contribution in [0.1, 0.15) is 41.4 Å². The van der Waals surface area contributed by atoms with Crippen molar-refractivity contribution in [3.63, 3.8) is 0 Å². The number of ketones is 1. The highest BCUT2D eigenvalue weighted by molar-refractivity contribution is 6.36. The fourth-order valence-electron chi connectivity index (χ4n) is 2.72. The number of hydrogen-bond donors (Lipinski definition) is 0. The molecule has 0 spiro atoms. The standard InChI is InChI=1S/C20H13Cl2NO5/c1-2-7-23-18(25)13-5-3-11(8-15(13)19(23)26)20(27)28-10-17(24)14-6-4-12(21)9-16(14)22/h2-6,8-9H,1,7,10H2. The first-order valence-electron chi connectivity index (χ1n) is 8.10. The van der Waals surface area contributed by atoms with Gasteiger partial charge in [-0.15, -0.1) is 6.58 Å². The van der Waals surface area contributed by atoms with E-state index in [1.165, 1.54) is 42.5 Å². The summed E-state index contributed by atoms with van der Waals surface area (Å²) >= 11 is 11.7. The van der Waals surface area contributed by atoms with Crippen molar-refractivity contribution in [3.8, 4) is 0 Å². The molecule has 8 heteroatoms. The maximum atomic E-state index is 12.3. The van der Waals surface area contributed by atoms with Gasteiger partial charge in [-0.05, 0) is 36.4 Å². The van der Waals surface area contributed by atoms with Crippen molar-refractivity contribution in [2.75, 3.05) is 13.2 Å². The molecule has 0 atom stereocenters. The number of ether oxygens (including phenoxy) is 1. The molecule has 2 aromatic rings. The van der Waals surface area contributed by atoms with Crippen LogP contribution in [0.15, 0.2) is 49.1 Å². The highest BCUT2D eigenvalue weighted by Crippen LogP contribution is 2.25. The van der Waals surface area contributed by atoms with Gasteiger partial charge >= 0.3 is 5.97 Å². The van der Waals surface area contributed by atoms with Gasteiger partial charge in [-0.2, -0.15) is 0 Å². The second-order valence-electron chi connectivity index (χ2n) is 5.89. The van der Waals surface area contributed by atoms with Gasteiger partial charge in [0.25, 0.3) is 11.8 Å². The molecule has 3 rings (SSSR count). The van der Waals surface area contributed by atoms with Crippen molar-refractivity contribution in [1.82, 2.24) is 4.90 Å². The first-order valence-corrected chi connectivity index (χ1v) is 8.85. The summed E-state index contributed by atoms with van der Waals surface area (Å²) in [6.07, 6.45) is 1.43. The van der Waals surface area contributed by atoms with Crippen LogP contribution in [-0.4, -0.2) is 41.6 Å². The highest BCUT2D eigenvalue weighted by atomic mass is 35.5. The van der Waals surface area contributed by atoms with E-state index in [0.29, 0.717) is 5.02 Å². The number of nitrogens with zero attached hydrogens (tertiary/aromatic N) is 1. The smallest absolute Gasteiger partial charge is 0.338 e. The zero-order valence-electron chi connectivity index (χ0n) is 14.4. The Hall–Kier alpha value is -2.96. The van der Waals surface area contributed by atoms with Crippen molar-refractivity contribution >= 4 is 46.8 Å². The van der Waals surface area contributed by atoms with E-state index >= 15 is 0 Å². The van der Waals surface area contributed by atoms with E-state index in [1.807, 2.05) is 0 Å². The van der Waals surface area contributed by atoms with Crippen LogP contribution < -0.4 is 0 Å². The molecule has 6 nitrogen and oxygen atoms in total. The topological polar surface area (TPSA) is 80.8 Å². The van der Waals surface area contributed by atoms with Gasteiger partial charge in [0.15, 0.2) is 6.61 Å². The van der Waals surface area contributed by atoms with Gasteiger partial charge < -0.3 is 4.74 Å². The van der Waals surface area contributed by atoms with Gasteiger partial charge in [0.05, 0.1) is 21.7 Å². The number of hydrogen-bond acceptors (Lipinski definition) is 5. The summed E-state index contributed by atoms with van der Waals surface area (Å²) in [4.78, 5) is 50.0. The van der Waals surface area contributed by atoms with Gasteiger partial charge in [0, 0.05) is 17.1 Å². The number of esters is 1. The molecule has 1 aliphatic heterocycles. The second kappa shape index (κ2) is 7.96. The third-order valence-electron chi connectivity index (χ3n) is 4.08. The number of rotatable bonds is 6. The number of amides is 2. The van der Waals surface area contributed by atoms with Gasteiger partial charge in [-0.25, -0.2) is 4.79 Å². The van der Waals surface area contributed by atoms with E-state index in [4.69, 9.17) is 27.9 Å². The Morgan fingerprint density at radius 1 is 1.04 bits per heavy atom. The summed E-state index contributed by atoms with van der Waals surface area (Å²) in [5, 5.41) is 0.527. The van der Waals surface area contributed by atoms with Crippen LogP contribution in [-0.2, 0) is 4.74 Å². The van der Waals surface area contributed by atoms with E-state index in [-0.39, 0.29) is 33.8 Å². The molecule has 0 saturated heterocycles. The first-order chi connectivity index (χ1) is 13.3. The van der Waals surface area contributed by atoms with E-state index in [2.05, 4.69) is 6.58 Å². The number of Topliss-reactive ketones (excluding diaryl/α,β-unsaturated/α-hetero) is 1. The molecule has 1 heterocycles. The highest BCUT2D eigenvalue weighted by Gasteiger charge is 2.35. The van der Waals surface area contributed by atoms with Crippen LogP contribution in [0.3, 0.4) is 0 Å². The van der Waals surface area contributed by atoms with E-state index in [1.54, 1.807) is 0 Å². The van der Waals surface area contributed by atoms with Crippen LogP contribution in [0.5, 0.6) is 0 Å². The monoisotopic (exact) mass is 417 g/mol. The summed E-state index contributed by atoms with van der Waals surface area (Å²) < 4.78 is 5.02. The largest absolute Gasteiger partial charge is 0.454 e. The minimum absolute atomic E-state index is 0.0513. The lowest BCUT2D eigenvalue weighted by Crippen LogP contribution is -2.29. The third-order valence-corrected chi connectivity index (χ3v) is 4.63. The van der Waals surface area contributed by atoms with Gasteiger partial charge in [-0.1, -0.05) is 29.3 Å². The number of imide groups is 1. The molecular weight excluding hydrogens is 405 g/mol. The molecule has 0 radical (unpaired) electrons. The summed E-state index contributed by atoms with van der Waals surface area (Å²) in [5.74, 6) is -2.27. The second-order valence-corrected chi connectivity index (χ2v) is 6.74. The zero-order valence-corrected chi connectivity index (χ0v) is 15.9. The summed E-state index contributed by atoms with van der Waals surface area (Å²) in [7, 11) is 0. The van der Waals surface area contributed by atoms with E-state index in [0.717, 1.165) is 4.90 Å². The number of benzene rings is 2. The zero-order chi connectivity index (χ0) is 20.4. The fourth-order valence-corrected chi connectivity index (χ4v) is 3.23. The van der Waals surface area contributed by atoms with Crippen LogP contribution in [0.4, 0.5) is 0 Å². The molecule has 0 saturated carbocycles. The van der Waals surface area contributed by atoms with Gasteiger partial charge in [0.1, 0.15) is 0 Å². The Labute approximate surface area is 170 Å². The molecule has 0 aromatic heterocycles. The predicted molar refractivity (Wildman–Crippen MR) is 103 cm³/mol. The van der Waals surface area contributed by atoms with E-state index in [9.17, 15) is 19.2 Å². The molecule has 28 heavy (non-hydrogen) atoms. The third kappa shape index (κ3) is 3.69. The van der Waals surface area contributed by atoms with Crippen LogP contribution in [0, 0.1) is 0 Å². The average molecular weight is 418 g/mol. The van der Waals surface area contributed by atoms with Crippen molar-refractivity contribution in [1.29, 1.82) is 0 Å². The molecule has 0 N–H and O–H groups in total. The van der Waals surface area contributed by atoms with Crippen molar-refractivity contribution < 1.29 is 23.9 Å². The Morgan fingerprint density at radius 2 is 1.75 bits per heavy atom. The SMILES string of the molecule is C=CCN1C(=O)c2ccc(C(=O)OCC(=O)c3ccc(Cl)cc3Cl)cc2C1=O. The molecule has 1 aliphatic rings. The molecule has 0 aliphatic carbocycles. The molecule has 0 unspecified atom stereocenters. The molecule has 142 valence electrons. The Balaban J connectivity index is 1.73.